The van der Waals surface area contributed by atoms with Gasteiger partial charge in [-0.25, -0.2) is 9.97 Å². The van der Waals surface area contributed by atoms with Crippen molar-refractivity contribution in [3.63, 3.8) is 0 Å². The molecule has 2 aromatic rings. The zero-order valence-electron chi connectivity index (χ0n) is 11.7. The van der Waals surface area contributed by atoms with Gasteiger partial charge in [-0.15, -0.1) is 0 Å². The van der Waals surface area contributed by atoms with Crippen molar-refractivity contribution in [2.75, 3.05) is 12.4 Å². The van der Waals surface area contributed by atoms with E-state index in [1.54, 1.807) is 0 Å². The number of aromatic nitrogens is 2. The number of benzene rings is 1. The van der Waals surface area contributed by atoms with Crippen LogP contribution in [0.15, 0.2) is 28.7 Å². The van der Waals surface area contributed by atoms with Crippen LogP contribution in [0, 0.1) is 6.92 Å². The maximum Gasteiger partial charge on any atom is 0.161 e. The van der Waals surface area contributed by atoms with Crippen LogP contribution < -0.4 is 5.32 Å². The lowest BCUT2D eigenvalue weighted by molar-refractivity contribution is 0.817. The van der Waals surface area contributed by atoms with E-state index >= 15 is 0 Å². The first-order valence-electron chi connectivity index (χ1n) is 6.34. The summed E-state index contributed by atoms with van der Waals surface area (Å²) in [6.45, 7) is 6.34. The standard InChI is InChI=1S/C15H18BrN3/c1-9(2)13-8-14(17-4)19-15(18-13)11-6-5-10(3)12(16)7-11/h5-9H,1-4H3,(H,17,18,19). The second-order valence-electron chi connectivity index (χ2n) is 4.87. The summed E-state index contributed by atoms with van der Waals surface area (Å²) >= 11 is 3.56. The molecule has 0 saturated carbocycles. The lowest BCUT2D eigenvalue weighted by Crippen LogP contribution is -2.02. The van der Waals surface area contributed by atoms with Crippen LogP contribution in [0.3, 0.4) is 0 Å². The van der Waals surface area contributed by atoms with Gasteiger partial charge in [0.1, 0.15) is 5.82 Å². The minimum atomic E-state index is 0.378. The molecule has 0 fully saturated rings. The molecule has 2 rings (SSSR count). The number of halogens is 1. The number of rotatable bonds is 3. The van der Waals surface area contributed by atoms with Crippen molar-refractivity contribution in [3.8, 4) is 11.4 Å². The van der Waals surface area contributed by atoms with Crippen LogP contribution in [0.5, 0.6) is 0 Å². The van der Waals surface area contributed by atoms with E-state index in [-0.39, 0.29) is 0 Å². The predicted octanol–water partition coefficient (Wildman–Crippen LogP) is 4.38. The molecule has 3 nitrogen and oxygen atoms in total. The molecule has 1 aromatic carbocycles. The highest BCUT2D eigenvalue weighted by Gasteiger charge is 2.09. The Labute approximate surface area is 122 Å². The minimum Gasteiger partial charge on any atom is -0.373 e. The molecule has 0 atom stereocenters. The molecule has 0 bridgehead atoms. The molecule has 0 unspecified atom stereocenters. The summed E-state index contributed by atoms with van der Waals surface area (Å²) in [4.78, 5) is 9.18. The molecule has 0 radical (unpaired) electrons. The molecule has 0 aliphatic heterocycles. The highest BCUT2D eigenvalue weighted by atomic mass is 79.9. The Morgan fingerprint density at radius 1 is 1.16 bits per heavy atom. The van der Waals surface area contributed by atoms with E-state index in [4.69, 9.17) is 0 Å². The van der Waals surface area contributed by atoms with Gasteiger partial charge in [0, 0.05) is 28.8 Å². The maximum absolute atomic E-state index is 4.65. The summed E-state index contributed by atoms with van der Waals surface area (Å²) in [6.07, 6.45) is 0. The number of nitrogens with one attached hydrogen (secondary N) is 1. The highest BCUT2D eigenvalue weighted by Crippen LogP contribution is 2.25. The van der Waals surface area contributed by atoms with Gasteiger partial charge in [-0.3, -0.25) is 0 Å². The van der Waals surface area contributed by atoms with Crippen LogP contribution in [-0.4, -0.2) is 17.0 Å². The summed E-state index contributed by atoms with van der Waals surface area (Å²) in [6, 6.07) is 8.19. The molecule has 19 heavy (non-hydrogen) atoms. The van der Waals surface area contributed by atoms with Gasteiger partial charge in [0.2, 0.25) is 0 Å². The lowest BCUT2D eigenvalue weighted by atomic mass is 10.1. The second-order valence-corrected chi connectivity index (χ2v) is 5.72. The van der Waals surface area contributed by atoms with E-state index in [2.05, 4.69) is 70.2 Å². The van der Waals surface area contributed by atoms with Gasteiger partial charge < -0.3 is 5.32 Å². The third-order valence-corrected chi connectivity index (χ3v) is 3.88. The Morgan fingerprint density at radius 3 is 2.47 bits per heavy atom. The van der Waals surface area contributed by atoms with Crippen molar-refractivity contribution in [2.45, 2.75) is 26.7 Å². The summed E-state index contributed by atoms with van der Waals surface area (Å²) in [5.74, 6) is 1.99. The van der Waals surface area contributed by atoms with Gasteiger partial charge in [0.15, 0.2) is 5.82 Å². The van der Waals surface area contributed by atoms with Gasteiger partial charge >= 0.3 is 0 Å². The first-order valence-corrected chi connectivity index (χ1v) is 7.14. The molecular formula is C15H18BrN3. The summed E-state index contributed by atoms with van der Waals surface area (Å²) in [7, 11) is 1.88. The minimum absolute atomic E-state index is 0.378. The zero-order chi connectivity index (χ0) is 14.0. The van der Waals surface area contributed by atoms with Gasteiger partial charge in [0.05, 0.1) is 0 Å². The Kier molecular flexibility index (Phi) is 4.20. The number of hydrogen-bond donors (Lipinski definition) is 1. The Bertz CT molecular complexity index is 594. The molecular weight excluding hydrogens is 302 g/mol. The number of hydrogen-bond acceptors (Lipinski definition) is 3. The number of aryl methyl sites for hydroxylation is 1. The quantitative estimate of drug-likeness (QED) is 0.912. The molecule has 1 heterocycles. The van der Waals surface area contributed by atoms with Crippen molar-refractivity contribution < 1.29 is 0 Å². The van der Waals surface area contributed by atoms with Crippen LogP contribution in [-0.2, 0) is 0 Å². The van der Waals surface area contributed by atoms with Crippen LogP contribution >= 0.6 is 15.9 Å². The van der Waals surface area contributed by atoms with Crippen LogP contribution in [0.2, 0.25) is 0 Å². The van der Waals surface area contributed by atoms with E-state index in [0.29, 0.717) is 5.92 Å². The molecule has 0 aliphatic rings. The van der Waals surface area contributed by atoms with Crippen LogP contribution in [0.25, 0.3) is 11.4 Å². The fraction of sp³-hybridized carbons (Fsp3) is 0.333. The molecule has 0 amide bonds. The molecule has 1 N–H and O–H groups in total. The van der Waals surface area contributed by atoms with Crippen LogP contribution in [0.4, 0.5) is 5.82 Å². The third-order valence-electron chi connectivity index (χ3n) is 3.02. The van der Waals surface area contributed by atoms with Crippen LogP contribution in [0.1, 0.15) is 31.0 Å². The van der Waals surface area contributed by atoms with Gasteiger partial charge in [-0.2, -0.15) is 0 Å². The summed E-state index contributed by atoms with van der Waals surface area (Å²) < 4.78 is 1.08. The average Bonchev–Trinajstić information content (AvgIpc) is 2.41. The topological polar surface area (TPSA) is 37.8 Å². The smallest absolute Gasteiger partial charge is 0.161 e. The zero-order valence-corrected chi connectivity index (χ0v) is 13.2. The van der Waals surface area contributed by atoms with Crippen molar-refractivity contribution in [1.29, 1.82) is 0 Å². The average molecular weight is 320 g/mol. The van der Waals surface area contributed by atoms with E-state index < -0.39 is 0 Å². The summed E-state index contributed by atoms with van der Waals surface area (Å²) in [5, 5.41) is 3.10. The van der Waals surface area contributed by atoms with E-state index in [0.717, 1.165) is 27.4 Å². The largest absolute Gasteiger partial charge is 0.373 e. The normalized spacial score (nSPS) is 10.8. The fourth-order valence-corrected chi connectivity index (χ4v) is 2.13. The first kappa shape index (κ1) is 14.0. The number of nitrogens with zero attached hydrogens (tertiary/aromatic N) is 2. The summed E-state index contributed by atoms with van der Waals surface area (Å²) in [5.41, 5.74) is 3.28. The van der Waals surface area contributed by atoms with E-state index in [1.807, 2.05) is 13.1 Å². The molecule has 100 valence electrons. The van der Waals surface area contributed by atoms with Gasteiger partial charge in [-0.1, -0.05) is 41.9 Å². The molecule has 0 aliphatic carbocycles. The van der Waals surface area contributed by atoms with Crippen molar-refractivity contribution in [3.05, 3.63) is 40.0 Å². The Hall–Kier alpha value is -1.42. The van der Waals surface area contributed by atoms with Gasteiger partial charge in [-0.05, 0) is 24.5 Å². The highest BCUT2D eigenvalue weighted by molar-refractivity contribution is 9.10. The van der Waals surface area contributed by atoms with E-state index in [1.165, 1.54) is 5.56 Å². The van der Waals surface area contributed by atoms with Crippen molar-refractivity contribution in [1.82, 2.24) is 9.97 Å². The van der Waals surface area contributed by atoms with Crippen molar-refractivity contribution in [2.24, 2.45) is 0 Å². The molecule has 4 heteroatoms. The number of anilines is 1. The monoisotopic (exact) mass is 319 g/mol. The predicted molar refractivity (Wildman–Crippen MR) is 83.5 cm³/mol. The maximum atomic E-state index is 4.65. The fourth-order valence-electron chi connectivity index (χ4n) is 1.75. The SMILES string of the molecule is CNc1cc(C(C)C)nc(-c2ccc(C)c(Br)c2)n1. The van der Waals surface area contributed by atoms with Gasteiger partial charge in [0.25, 0.3) is 0 Å². The Balaban J connectivity index is 2.54. The Morgan fingerprint density at radius 2 is 1.89 bits per heavy atom. The first-order chi connectivity index (χ1) is 9.01. The molecule has 0 spiro atoms. The van der Waals surface area contributed by atoms with Crippen molar-refractivity contribution >= 4 is 21.7 Å². The second kappa shape index (κ2) is 5.70. The lowest BCUT2D eigenvalue weighted by Gasteiger charge is -2.10. The van der Waals surface area contributed by atoms with E-state index in [9.17, 15) is 0 Å². The molecule has 1 aromatic heterocycles. The third kappa shape index (κ3) is 3.13. The molecule has 0 saturated heterocycles.